The molecule has 0 radical (unpaired) electrons. The maximum Gasteiger partial charge on any atom is 0.122 e. The molecule has 16 heavy (non-hydrogen) atoms. The van der Waals surface area contributed by atoms with Crippen LogP contribution < -0.4 is 10.5 Å². The average molecular weight is 233 g/mol. The zero-order chi connectivity index (χ0) is 11.4. The van der Waals surface area contributed by atoms with Crippen molar-refractivity contribution in [3.05, 3.63) is 52.2 Å². The second-order valence-corrected chi connectivity index (χ2v) is 4.76. The molecule has 2 nitrogen and oxygen atoms in total. The van der Waals surface area contributed by atoms with Gasteiger partial charge in [-0.15, -0.1) is 11.3 Å². The predicted octanol–water partition coefficient (Wildman–Crippen LogP) is 3.35. The molecule has 0 saturated carbocycles. The summed E-state index contributed by atoms with van der Waals surface area (Å²) in [7, 11) is 0. The summed E-state index contributed by atoms with van der Waals surface area (Å²) in [6.07, 6.45) is 0. The van der Waals surface area contributed by atoms with Crippen molar-refractivity contribution in [2.45, 2.75) is 19.6 Å². The molecule has 0 fully saturated rings. The number of thiophene rings is 1. The Morgan fingerprint density at radius 1 is 1.25 bits per heavy atom. The maximum absolute atomic E-state index is 5.78. The first-order valence-electron chi connectivity index (χ1n) is 5.26. The zero-order valence-corrected chi connectivity index (χ0v) is 10.0. The fraction of sp³-hybridized carbons (Fsp3) is 0.231. The standard InChI is InChI=1S/C13H15NOS/c1-10(14)11-4-6-12(7-5-11)15-9-13-3-2-8-16-13/h2-8,10H,9,14H2,1H3/t10-/m0/s1. The second kappa shape index (κ2) is 5.14. The van der Waals surface area contributed by atoms with Gasteiger partial charge in [0, 0.05) is 10.9 Å². The van der Waals surface area contributed by atoms with Gasteiger partial charge in [-0.1, -0.05) is 18.2 Å². The van der Waals surface area contributed by atoms with Gasteiger partial charge in [-0.2, -0.15) is 0 Å². The highest BCUT2D eigenvalue weighted by Crippen LogP contribution is 2.18. The quantitative estimate of drug-likeness (QED) is 0.879. The Balaban J connectivity index is 1.95. The molecule has 2 N–H and O–H groups in total. The molecule has 1 aromatic heterocycles. The Labute approximate surface area is 99.7 Å². The van der Waals surface area contributed by atoms with E-state index in [0.29, 0.717) is 6.61 Å². The van der Waals surface area contributed by atoms with Gasteiger partial charge in [0.1, 0.15) is 12.4 Å². The first-order chi connectivity index (χ1) is 7.75. The Morgan fingerprint density at radius 2 is 2.00 bits per heavy atom. The van der Waals surface area contributed by atoms with E-state index in [-0.39, 0.29) is 6.04 Å². The van der Waals surface area contributed by atoms with Crippen molar-refractivity contribution in [1.82, 2.24) is 0 Å². The highest BCUT2D eigenvalue weighted by molar-refractivity contribution is 7.09. The van der Waals surface area contributed by atoms with E-state index in [1.54, 1.807) is 11.3 Å². The highest BCUT2D eigenvalue weighted by Gasteiger charge is 2.00. The predicted molar refractivity (Wildman–Crippen MR) is 67.7 cm³/mol. The SMILES string of the molecule is C[C@H](N)c1ccc(OCc2cccs2)cc1. The Kier molecular flexibility index (Phi) is 3.59. The third-order valence-corrected chi connectivity index (χ3v) is 3.22. The molecule has 0 spiro atoms. The molecule has 2 rings (SSSR count). The summed E-state index contributed by atoms with van der Waals surface area (Å²) >= 11 is 1.71. The molecule has 0 unspecified atom stereocenters. The van der Waals surface area contributed by atoms with Crippen molar-refractivity contribution in [3.8, 4) is 5.75 Å². The molecule has 84 valence electrons. The van der Waals surface area contributed by atoms with Crippen molar-refractivity contribution in [1.29, 1.82) is 0 Å². The minimum absolute atomic E-state index is 0.0753. The van der Waals surface area contributed by atoms with E-state index in [2.05, 4.69) is 11.4 Å². The minimum Gasteiger partial charge on any atom is -0.488 e. The molecule has 1 aromatic carbocycles. The van der Waals surface area contributed by atoms with Crippen molar-refractivity contribution < 1.29 is 4.74 Å². The third kappa shape index (κ3) is 2.84. The van der Waals surface area contributed by atoms with Gasteiger partial charge in [-0.05, 0) is 36.1 Å². The summed E-state index contributed by atoms with van der Waals surface area (Å²) < 4.78 is 5.65. The zero-order valence-electron chi connectivity index (χ0n) is 9.22. The number of benzene rings is 1. The maximum atomic E-state index is 5.78. The molecule has 3 heteroatoms. The summed E-state index contributed by atoms with van der Waals surface area (Å²) in [4.78, 5) is 1.23. The first-order valence-corrected chi connectivity index (χ1v) is 6.14. The van der Waals surface area contributed by atoms with Crippen LogP contribution in [0.1, 0.15) is 23.4 Å². The van der Waals surface area contributed by atoms with Crippen molar-refractivity contribution in [2.75, 3.05) is 0 Å². The number of nitrogens with two attached hydrogens (primary N) is 1. The van der Waals surface area contributed by atoms with Gasteiger partial charge in [0.15, 0.2) is 0 Å². The lowest BCUT2D eigenvalue weighted by Crippen LogP contribution is -2.04. The van der Waals surface area contributed by atoms with Crippen molar-refractivity contribution in [2.24, 2.45) is 5.73 Å². The summed E-state index contributed by atoms with van der Waals surface area (Å²) in [6.45, 7) is 2.61. The lowest BCUT2D eigenvalue weighted by Gasteiger charge is -2.08. The average Bonchev–Trinajstić information content (AvgIpc) is 2.80. The van der Waals surface area contributed by atoms with Crippen LogP contribution in [0.25, 0.3) is 0 Å². The van der Waals surface area contributed by atoms with Crippen molar-refractivity contribution in [3.63, 3.8) is 0 Å². The van der Waals surface area contributed by atoms with E-state index in [0.717, 1.165) is 11.3 Å². The summed E-state index contributed by atoms with van der Waals surface area (Å²) in [6, 6.07) is 12.1. The Bertz CT molecular complexity index is 420. The molecule has 0 amide bonds. The third-order valence-electron chi connectivity index (χ3n) is 2.37. The fourth-order valence-electron chi connectivity index (χ4n) is 1.42. The van der Waals surface area contributed by atoms with E-state index < -0.39 is 0 Å². The van der Waals surface area contributed by atoms with Crippen LogP contribution in [0.15, 0.2) is 41.8 Å². The second-order valence-electron chi connectivity index (χ2n) is 3.73. The van der Waals surface area contributed by atoms with Crippen LogP contribution in [0, 0.1) is 0 Å². The van der Waals surface area contributed by atoms with Crippen LogP contribution in [0.5, 0.6) is 5.75 Å². The lowest BCUT2D eigenvalue weighted by atomic mass is 10.1. The molecule has 0 bridgehead atoms. The topological polar surface area (TPSA) is 35.2 Å². The minimum atomic E-state index is 0.0753. The molecule has 0 aliphatic rings. The molecular weight excluding hydrogens is 218 g/mol. The van der Waals surface area contributed by atoms with Gasteiger partial charge in [0.05, 0.1) is 0 Å². The van der Waals surface area contributed by atoms with Crippen LogP contribution in [0.2, 0.25) is 0 Å². The van der Waals surface area contributed by atoms with Gasteiger partial charge in [-0.3, -0.25) is 0 Å². The van der Waals surface area contributed by atoms with E-state index in [1.165, 1.54) is 4.88 Å². The number of hydrogen-bond donors (Lipinski definition) is 1. The van der Waals surface area contributed by atoms with E-state index in [4.69, 9.17) is 10.5 Å². The van der Waals surface area contributed by atoms with Crippen LogP contribution in [0.3, 0.4) is 0 Å². The largest absolute Gasteiger partial charge is 0.488 e. The molecule has 2 aromatic rings. The molecule has 0 saturated heterocycles. The van der Waals surface area contributed by atoms with Crippen LogP contribution in [0.4, 0.5) is 0 Å². The molecule has 0 aliphatic carbocycles. The highest BCUT2D eigenvalue weighted by atomic mass is 32.1. The number of rotatable bonds is 4. The lowest BCUT2D eigenvalue weighted by molar-refractivity contribution is 0.309. The van der Waals surface area contributed by atoms with Gasteiger partial charge in [0.25, 0.3) is 0 Å². The van der Waals surface area contributed by atoms with Gasteiger partial charge in [-0.25, -0.2) is 0 Å². The van der Waals surface area contributed by atoms with Crippen LogP contribution >= 0.6 is 11.3 Å². The summed E-state index contributed by atoms with van der Waals surface area (Å²) in [5, 5.41) is 2.05. The number of hydrogen-bond acceptors (Lipinski definition) is 3. The molecular formula is C13H15NOS. The number of ether oxygens (including phenoxy) is 1. The Hall–Kier alpha value is -1.32. The first kappa shape index (κ1) is 11.2. The van der Waals surface area contributed by atoms with E-state index >= 15 is 0 Å². The van der Waals surface area contributed by atoms with Crippen molar-refractivity contribution >= 4 is 11.3 Å². The monoisotopic (exact) mass is 233 g/mol. The molecule has 1 atom stereocenters. The van der Waals surface area contributed by atoms with E-state index in [1.807, 2.05) is 37.3 Å². The van der Waals surface area contributed by atoms with Crippen LogP contribution in [-0.2, 0) is 6.61 Å². The smallest absolute Gasteiger partial charge is 0.122 e. The normalized spacial score (nSPS) is 12.4. The summed E-state index contributed by atoms with van der Waals surface area (Å²) in [5.74, 6) is 0.887. The van der Waals surface area contributed by atoms with Crippen LogP contribution in [-0.4, -0.2) is 0 Å². The fourth-order valence-corrected chi connectivity index (χ4v) is 2.03. The van der Waals surface area contributed by atoms with Gasteiger partial charge in [0.2, 0.25) is 0 Å². The van der Waals surface area contributed by atoms with E-state index in [9.17, 15) is 0 Å². The Morgan fingerprint density at radius 3 is 2.56 bits per heavy atom. The summed E-state index contributed by atoms with van der Waals surface area (Å²) in [5.41, 5.74) is 6.90. The molecule has 1 heterocycles. The molecule has 0 aliphatic heterocycles. The van der Waals surface area contributed by atoms with Gasteiger partial charge < -0.3 is 10.5 Å². The van der Waals surface area contributed by atoms with Gasteiger partial charge >= 0.3 is 0 Å².